The van der Waals surface area contributed by atoms with Gasteiger partial charge in [0.05, 0.1) is 14.2 Å². The van der Waals surface area contributed by atoms with Gasteiger partial charge in [0, 0.05) is 19.3 Å². The lowest BCUT2D eigenvalue weighted by Crippen LogP contribution is -2.26. The number of ether oxygens (including phenoxy) is 5. The van der Waals surface area contributed by atoms with Gasteiger partial charge >= 0.3 is 11.9 Å². The monoisotopic (exact) mass is 458 g/mol. The van der Waals surface area contributed by atoms with Gasteiger partial charge in [-0.05, 0) is 47.5 Å². The Morgan fingerprint density at radius 3 is 1.58 bits per heavy atom. The number of carbonyl (C=O) groups excluding carboxylic acids is 2. The number of phenolic OH excluding ortho intramolecular Hbond substituents is 2. The first kappa shape index (κ1) is 25.3. The van der Waals surface area contributed by atoms with Gasteiger partial charge in [0.2, 0.25) is 0 Å². The number of benzene rings is 2. The fourth-order valence-corrected chi connectivity index (χ4v) is 2.55. The number of rotatable bonds is 11. The summed E-state index contributed by atoms with van der Waals surface area (Å²) in [7, 11) is 4.26. The van der Waals surface area contributed by atoms with Crippen molar-refractivity contribution in [3.63, 3.8) is 0 Å². The molecule has 0 aliphatic rings. The van der Waals surface area contributed by atoms with Crippen LogP contribution in [0.25, 0.3) is 12.2 Å². The van der Waals surface area contributed by atoms with Crippen LogP contribution in [-0.2, 0) is 23.8 Å². The van der Waals surface area contributed by atoms with Crippen LogP contribution >= 0.6 is 0 Å². The number of hydrogen-bond donors (Lipinski definition) is 2. The van der Waals surface area contributed by atoms with Gasteiger partial charge in [-0.1, -0.05) is 12.1 Å². The average Bonchev–Trinajstić information content (AvgIpc) is 2.82. The largest absolute Gasteiger partial charge is 0.504 e. The maximum Gasteiger partial charge on any atom is 0.330 e. The van der Waals surface area contributed by atoms with Crippen molar-refractivity contribution in [2.45, 2.75) is 6.10 Å². The molecule has 0 bridgehead atoms. The fourth-order valence-electron chi connectivity index (χ4n) is 2.55. The maximum absolute atomic E-state index is 11.9. The molecule has 0 aliphatic carbocycles. The van der Waals surface area contributed by atoms with E-state index >= 15 is 0 Å². The van der Waals surface area contributed by atoms with Gasteiger partial charge in [-0.3, -0.25) is 0 Å². The first-order valence-corrected chi connectivity index (χ1v) is 9.82. The zero-order valence-corrected chi connectivity index (χ0v) is 18.5. The van der Waals surface area contributed by atoms with Crippen LogP contribution in [0.1, 0.15) is 11.1 Å². The molecule has 0 aromatic heterocycles. The summed E-state index contributed by atoms with van der Waals surface area (Å²) in [5, 5.41) is 19.2. The van der Waals surface area contributed by atoms with Gasteiger partial charge in [0.1, 0.15) is 19.3 Å². The third-order valence-electron chi connectivity index (χ3n) is 4.39. The Labute approximate surface area is 191 Å². The molecule has 0 saturated heterocycles. The first-order chi connectivity index (χ1) is 15.9. The number of methoxy groups -OCH3 is 3. The highest BCUT2D eigenvalue weighted by atomic mass is 16.6. The molecule has 33 heavy (non-hydrogen) atoms. The Morgan fingerprint density at radius 1 is 0.788 bits per heavy atom. The predicted molar refractivity (Wildman–Crippen MR) is 120 cm³/mol. The van der Waals surface area contributed by atoms with E-state index in [1.165, 1.54) is 57.8 Å². The van der Waals surface area contributed by atoms with Crippen LogP contribution < -0.4 is 9.47 Å². The van der Waals surface area contributed by atoms with Crippen LogP contribution in [0.5, 0.6) is 23.0 Å². The summed E-state index contributed by atoms with van der Waals surface area (Å²) < 4.78 is 25.4. The lowest BCUT2D eigenvalue weighted by molar-refractivity contribution is -0.147. The van der Waals surface area contributed by atoms with E-state index in [1.54, 1.807) is 24.3 Å². The molecule has 176 valence electrons. The Hall–Kier alpha value is -3.98. The maximum atomic E-state index is 11.9. The van der Waals surface area contributed by atoms with Crippen LogP contribution in [0.4, 0.5) is 0 Å². The van der Waals surface area contributed by atoms with E-state index in [9.17, 15) is 19.8 Å². The van der Waals surface area contributed by atoms with Crippen molar-refractivity contribution in [2.75, 3.05) is 34.5 Å². The fraction of sp³-hybridized carbons (Fsp3) is 0.250. The summed E-state index contributed by atoms with van der Waals surface area (Å²) in [6.07, 6.45) is 4.81. The Morgan fingerprint density at radius 2 is 1.21 bits per heavy atom. The molecule has 0 fully saturated rings. The van der Waals surface area contributed by atoms with Crippen molar-refractivity contribution in [1.29, 1.82) is 0 Å². The smallest absolute Gasteiger partial charge is 0.330 e. The van der Waals surface area contributed by atoms with E-state index in [2.05, 4.69) is 0 Å². The zero-order valence-electron chi connectivity index (χ0n) is 18.5. The number of esters is 2. The van der Waals surface area contributed by atoms with E-state index in [1.807, 2.05) is 0 Å². The van der Waals surface area contributed by atoms with E-state index in [-0.39, 0.29) is 36.2 Å². The first-order valence-electron chi connectivity index (χ1n) is 9.82. The quantitative estimate of drug-likeness (QED) is 0.387. The molecule has 0 spiro atoms. The van der Waals surface area contributed by atoms with E-state index in [4.69, 9.17) is 23.7 Å². The van der Waals surface area contributed by atoms with Crippen LogP contribution in [0.2, 0.25) is 0 Å². The second-order valence-electron chi connectivity index (χ2n) is 6.65. The third kappa shape index (κ3) is 8.23. The molecule has 2 N–H and O–H groups in total. The minimum Gasteiger partial charge on any atom is -0.504 e. The molecule has 9 nitrogen and oxygen atoms in total. The van der Waals surface area contributed by atoms with Crippen molar-refractivity contribution < 1.29 is 43.5 Å². The van der Waals surface area contributed by atoms with Crippen LogP contribution in [0.15, 0.2) is 48.6 Å². The summed E-state index contributed by atoms with van der Waals surface area (Å²) >= 11 is 0. The Bertz CT molecular complexity index is 931. The van der Waals surface area contributed by atoms with E-state index in [0.29, 0.717) is 11.1 Å². The van der Waals surface area contributed by atoms with Crippen LogP contribution in [-0.4, -0.2) is 62.8 Å². The lowest BCUT2D eigenvalue weighted by Gasteiger charge is -2.14. The van der Waals surface area contributed by atoms with Gasteiger partial charge in [-0.25, -0.2) is 9.59 Å². The summed E-state index contributed by atoms with van der Waals surface area (Å²) in [4.78, 5) is 23.9. The highest BCUT2D eigenvalue weighted by Crippen LogP contribution is 2.27. The van der Waals surface area contributed by atoms with Crippen LogP contribution in [0, 0.1) is 0 Å². The molecule has 0 radical (unpaired) electrons. The minimum atomic E-state index is -0.651. The Balaban J connectivity index is 1.80. The van der Waals surface area contributed by atoms with Crippen molar-refractivity contribution in [3.8, 4) is 23.0 Å². The highest BCUT2D eigenvalue weighted by Gasteiger charge is 2.12. The van der Waals surface area contributed by atoms with Crippen LogP contribution in [0.3, 0.4) is 0 Å². The van der Waals surface area contributed by atoms with Crippen molar-refractivity contribution >= 4 is 24.1 Å². The van der Waals surface area contributed by atoms with Gasteiger partial charge in [-0.2, -0.15) is 0 Å². The average molecular weight is 458 g/mol. The Kier molecular flexibility index (Phi) is 9.79. The van der Waals surface area contributed by atoms with Gasteiger partial charge in [0.25, 0.3) is 0 Å². The molecule has 0 unspecified atom stereocenters. The van der Waals surface area contributed by atoms with Crippen molar-refractivity contribution in [2.24, 2.45) is 0 Å². The van der Waals surface area contributed by atoms with Gasteiger partial charge < -0.3 is 33.9 Å². The SMILES string of the molecule is COc1cc(C=CC(=O)OCC(COC(=O)C=Cc2ccc(O)c(OC)c2)OC)ccc1O. The predicted octanol–water partition coefficient (Wildman–Crippen LogP) is 2.94. The van der Waals surface area contributed by atoms with Gasteiger partial charge in [-0.15, -0.1) is 0 Å². The van der Waals surface area contributed by atoms with Crippen molar-refractivity contribution in [3.05, 3.63) is 59.7 Å². The summed E-state index contributed by atoms with van der Waals surface area (Å²) in [5.74, 6) is -0.677. The molecular formula is C24H26O9. The second kappa shape index (κ2) is 12.8. The number of carbonyl (C=O) groups is 2. The number of aromatic hydroxyl groups is 2. The third-order valence-corrected chi connectivity index (χ3v) is 4.39. The molecule has 9 heteroatoms. The zero-order chi connectivity index (χ0) is 24.2. The number of phenols is 2. The molecule has 2 rings (SSSR count). The normalized spacial score (nSPS) is 12.0. The molecular weight excluding hydrogens is 432 g/mol. The summed E-state index contributed by atoms with van der Waals surface area (Å²) in [6, 6.07) is 9.26. The second-order valence-corrected chi connectivity index (χ2v) is 6.65. The molecule has 2 aromatic rings. The molecule has 2 aromatic carbocycles. The molecule has 0 atom stereocenters. The number of hydrogen-bond acceptors (Lipinski definition) is 9. The minimum absolute atomic E-state index is 0.00709. The summed E-state index contributed by atoms with van der Waals surface area (Å²) in [6.45, 7) is -0.241. The molecule has 0 heterocycles. The van der Waals surface area contributed by atoms with Crippen molar-refractivity contribution in [1.82, 2.24) is 0 Å². The molecule has 0 aliphatic heterocycles. The molecule has 0 amide bonds. The highest BCUT2D eigenvalue weighted by molar-refractivity contribution is 5.87. The standard InChI is InChI=1S/C24H26O9/c1-29-18(14-32-23(27)10-6-16-4-8-19(25)21(12-16)30-2)15-33-24(28)11-7-17-5-9-20(26)22(13-17)31-3/h4-13,18,25-26H,14-15H2,1-3H3. The summed E-state index contributed by atoms with van der Waals surface area (Å²) in [5.41, 5.74) is 1.27. The topological polar surface area (TPSA) is 121 Å². The van der Waals surface area contributed by atoms with Gasteiger partial charge in [0.15, 0.2) is 23.0 Å². The molecule has 0 saturated carbocycles. The van der Waals surface area contributed by atoms with E-state index in [0.717, 1.165) is 0 Å². The lowest BCUT2D eigenvalue weighted by atomic mass is 10.2. The van der Waals surface area contributed by atoms with E-state index < -0.39 is 18.0 Å².